The van der Waals surface area contributed by atoms with Gasteiger partial charge < -0.3 is 15.4 Å². The van der Waals surface area contributed by atoms with E-state index in [0.717, 1.165) is 60.9 Å². The number of nitrogens with one attached hydrogen (secondary N) is 2. The number of benzene rings is 1. The largest absolute Gasteiger partial charge is 0.376 e. The molecule has 126 valence electrons. The van der Waals surface area contributed by atoms with Gasteiger partial charge in [0.2, 0.25) is 5.91 Å². The maximum Gasteiger partial charge on any atom is 0.224 e. The maximum absolute atomic E-state index is 11.6. The smallest absolute Gasteiger partial charge is 0.224 e. The van der Waals surface area contributed by atoms with Gasteiger partial charge in [-0.2, -0.15) is 0 Å². The van der Waals surface area contributed by atoms with Crippen molar-refractivity contribution in [2.24, 2.45) is 0 Å². The highest BCUT2D eigenvalue weighted by molar-refractivity contribution is 7.14. The first-order valence-corrected chi connectivity index (χ1v) is 9.40. The fraction of sp³-hybridized carbons (Fsp3) is 0.444. The van der Waals surface area contributed by atoms with Gasteiger partial charge >= 0.3 is 0 Å². The third-order valence-corrected chi connectivity index (χ3v) is 5.33. The first kappa shape index (κ1) is 15.6. The van der Waals surface area contributed by atoms with Crippen molar-refractivity contribution in [3.05, 3.63) is 29.1 Å². The topological polar surface area (TPSA) is 63.2 Å². The van der Waals surface area contributed by atoms with Crippen molar-refractivity contribution in [3.63, 3.8) is 0 Å². The number of hydrogen-bond acceptors (Lipinski definition) is 5. The molecule has 2 aromatic rings. The van der Waals surface area contributed by atoms with Crippen molar-refractivity contribution >= 4 is 28.1 Å². The third kappa shape index (κ3) is 3.44. The summed E-state index contributed by atoms with van der Waals surface area (Å²) >= 11 is 1.62. The number of carbonyl (C=O) groups excluding carboxylic acids is 1. The summed E-state index contributed by atoms with van der Waals surface area (Å²) in [6.07, 6.45) is 5.01. The molecule has 1 saturated heterocycles. The molecule has 0 aliphatic carbocycles. The van der Waals surface area contributed by atoms with Crippen LogP contribution in [0.2, 0.25) is 0 Å². The number of anilines is 2. The predicted octanol–water partition coefficient (Wildman–Crippen LogP) is 3.68. The molecule has 1 amide bonds. The average molecular weight is 343 g/mol. The zero-order chi connectivity index (χ0) is 16.4. The van der Waals surface area contributed by atoms with Crippen molar-refractivity contribution in [1.82, 2.24) is 4.98 Å². The number of rotatable bonds is 4. The Hall–Kier alpha value is -1.92. The molecule has 3 heterocycles. The molecule has 1 fully saturated rings. The summed E-state index contributed by atoms with van der Waals surface area (Å²) in [5.41, 5.74) is 4.22. The summed E-state index contributed by atoms with van der Waals surface area (Å²) in [5, 5.41) is 9.37. The molecule has 1 aromatic carbocycles. The summed E-state index contributed by atoms with van der Waals surface area (Å²) in [6.45, 7) is 1.70. The van der Waals surface area contributed by atoms with Crippen LogP contribution < -0.4 is 10.6 Å². The van der Waals surface area contributed by atoms with Gasteiger partial charge in [0.1, 0.15) is 0 Å². The lowest BCUT2D eigenvalue weighted by Crippen LogP contribution is -2.18. The van der Waals surface area contributed by atoms with Gasteiger partial charge in [0.25, 0.3) is 0 Å². The summed E-state index contributed by atoms with van der Waals surface area (Å²) in [7, 11) is 0. The number of thiazole rings is 1. The fourth-order valence-electron chi connectivity index (χ4n) is 3.23. The molecular formula is C18H21N3O2S. The molecule has 24 heavy (non-hydrogen) atoms. The molecule has 0 saturated carbocycles. The van der Waals surface area contributed by atoms with E-state index in [1.54, 1.807) is 11.3 Å². The summed E-state index contributed by atoms with van der Waals surface area (Å²) in [4.78, 5) is 16.3. The molecule has 1 atom stereocenters. The molecule has 2 aliphatic heterocycles. The number of aryl methyl sites for hydroxylation is 1. The van der Waals surface area contributed by atoms with Gasteiger partial charge in [0.05, 0.1) is 11.8 Å². The lowest BCUT2D eigenvalue weighted by Gasteiger charge is -2.09. The normalized spacial score (nSPS) is 20.3. The summed E-state index contributed by atoms with van der Waals surface area (Å²) in [6, 6.07) is 6.18. The molecule has 1 unspecified atom stereocenters. The lowest BCUT2D eigenvalue weighted by molar-refractivity contribution is -0.116. The van der Waals surface area contributed by atoms with Gasteiger partial charge in [-0.3, -0.25) is 4.79 Å². The Kier molecular flexibility index (Phi) is 4.49. The quantitative estimate of drug-likeness (QED) is 0.889. The van der Waals surface area contributed by atoms with Crippen LogP contribution in [0, 0.1) is 0 Å². The number of aromatic nitrogens is 1. The van der Waals surface area contributed by atoms with Gasteiger partial charge in [-0.25, -0.2) is 4.98 Å². The minimum absolute atomic E-state index is 0.107. The molecule has 5 nitrogen and oxygen atoms in total. The number of carbonyl (C=O) groups is 1. The molecule has 2 N–H and O–H groups in total. The highest BCUT2D eigenvalue weighted by Gasteiger charge is 2.16. The molecule has 4 rings (SSSR count). The van der Waals surface area contributed by atoms with Crippen molar-refractivity contribution in [1.29, 1.82) is 0 Å². The zero-order valence-corrected chi connectivity index (χ0v) is 14.3. The minimum Gasteiger partial charge on any atom is -0.376 e. The van der Waals surface area contributed by atoms with Crippen molar-refractivity contribution < 1.29 is 9.53 Å². The predicted molar refractivity (Wildman–Crippen MR) is 96.6 cm³/mol. The number of fused-ring (bicyclic) bond motifs is 1. The molecule has 0 spiro atoms. The minimum atomic E-state index is 0.107. The molecule has 6 heteroatoms. The highest BCUT2D eigenvalue weighted by Crippen LogP contribution is 2.30. The second kappa shape index (κ2) is 6.91. The number of ether oxygens (including phenoxy) is 1. The highest BCUT2D eigenvalue weighted by atomic mass is 32.1. The van der Waals surface area contributed by atoms with Crippen LogP contribution in [0.1, 0.15) is 31.2 Å². The van der Waals surface area contributed by atoms with Crippen LogP contribution in [-0.4, -0.2) is 30.1 Å². The van der Waals surface area contributed by atoms with Crippen molar-refractivity contribution in [3.8, 4) is 11.3 Å². The summed E-state index contributed by atoms with van der Waals surface area (Å²) in [5.74, 6) is 0.107. The maximum atomic E-state index is 11.6. The zero-order valence-electron chi connectivity index (χ0n) is 13.5. The van der Waals surface area contributed by atoms with E-state index < -0.39 is 0 Å². The van der Waals surface area contributed by atoms with E-state index in [2.05, 4.69) is 22.1 Å². The van der Waals surface area contributed by atoms with Crippen LogP contribution in [0.25, 0.3) is 11.3 Å². The van der Waals surface area contributed by atoms with E-state index in [9.17, 15) is 4.79 Å². The van der Waals surface area contributed by atoms with Crippen LogP contribution in [0.3, 0.4) is 0 Å². The molecule has 0 radical (unpaired) electrons. The average Bonchev–Trinajstić information content (AvgIpc) is 3.22. The number of nitrogens with zero attached hydrogens (tertiary/aromatic N) is 1. The Balaban J connectivity index is 1.47. The first-order chi connectivity index (χ1) is 11.8. The van der Waals surface area contributed by atoms with E-state index in [0.29, 0.717) is 12.5 Å². The van der Waals surface area contributed by atoms with Crippen LogP contribution in [-0.2, 0) is 16.0 Å². The van der Waals surface area contributed by atoms with Gasteiger partial charge in [0, 0.05) is 36.2 Å². The first-order valence-electron chi connectivity index (χ1n) is 8.52. The molecule has 0 bridgehead atoms. The van der Waals surface area contributed by atoms with E-state index >= 15 is 0 Å². The van der Waals surface area contributed by atoms with Gasteiger partial charge in [-0.1, -0.05) is 6.07 Å². The second-order valence-corrected chi connectivity index (χ2v) is 7.19. The lowest BCUT2D eigenvalue weighted by atomic mass is 10.0. The van der Waals surface area contributed by atoms with Crippen molar-refractivity contribution in [2.45, 2.75) is 38.2 Å². The molecule has 2 aliphatic rings. The number of hydrogen-bond donors (Lipinski definition) is 2. The van der Waals surface area contributed by atoms with Gasteiger partial charge in [0.15, 0.2) is 5.13 Å². The van der Waals surface area contributed by atoms with E-state index in [1.807, 2.05) is 12.1 Å². The molecular weight excluding hydrogens is 322 g/mol. The number of amides is 1. The summed E-state index contributed by atoms with van der Waals surface area (Å²) < 4.78 is 5.63. The van der Waals surface area contributed by atoms with Gasteiger partial charge in [-0.15, -0.1) is 11.3 Å². The van der Waals surface area contributed by atoms with Crippen molar-refractivity contribution in [2.75, 3.05) is 23.8 Å². The SMILES string of the molecule is O=C1CCCc2cc(-c3csc(NCC4CCCO4)n3)ccc2N1. The fourth-order valence-corrected chi connectivity index (χ4v) is 3.96. The Labute approximate surface area is 145 Å². The standard InChI is InChI=1S/C18H21N3O2S/c22-17-5-1-3-12-9-13(6-7-15(12)20-17)16-11-24-18(21-16)19-10-14-4-2-8-23-14/h6-7,9,11,14H,1-5,8,10H2,(H,19,21)(H,20,22). The molecule has 1 aromatic heterocycles. The van der Waals surface area contributed by atoms with Crippen LogP contribution >= 0.6 is 11.3 Å². The third-order valence-electron chi connectivity index (χ3n) is 4.53. The van der Waals surface area contributed by atoms with Crippen LogP contribution in [0.4, 0.5) is 10.8 Å². The monoisotopic (exact) mass is 343 g/mol. The Morgan fingerprint density at radius 1 is 1.33 bits per heavy atom. The van der Waals surface area contributed by atoms with E-state index in [-0.39, 0.29) is 5.91 Å². The Morgan fingerprint density at radius 3 is 3.17 bits per heavy atom. The Bertz CT molecular complexity index is 738. The van der Waals surface area contributed by atoms with E-state index in [4.69, 9.17) is 9.72 Å². The second-order valence-electron chi connectivity index (χ2n) is 6.33. The van der Waals surface area contributed by atoms with E-state index in [1.165, 1.54) is 5.56 Å². The van der Waals surface area contributed by atoms with Crippen LogP contribution in [0.15, 0.2) is 23.6 Å². The van der Waals surface area contributed by atoms with Crippen LogP contribution in [0.5, 0.6) is 0 Å². The Morgan fingerprint density at radius 2 is 2.29 bits per heavy atom. The van der Waals surface area contributed by atoms with Gasteiger partial charge in [-0.05, 0) is 43.4 Å².